The summed E-state index contributed by atoms with van der Waals surface area (Å²) in [6.07, 6.45) is 3.81. The number of aromatic nitrogens is 1. The van der Waals surface area contributed by atoms with Crippen LogP contribution in [0.5, 0.6) is 0 Å². The van der Waals surface area contributed by atoms with Crippen molar-refractivity contribution >= 4 is 11.3 Å². The van der Waals surface area contributed by atoms with E-state index in [0.29, 0.717) is 5.54 Å². The molecule has 4 heteroatoms. The Kier molecular flexibility index (Phi) is 4.76. The third kappa shape index (κ3) is 3.53. The lowest BCUT2D eigenvalue weighted by Crippen LogP contribution is -2.37. The van der Waals surface area contributed by atoms with Crippen LogP contribution >= 0.6 is 11.3 Å². The van der Waals surface area contributed by atoms with Crippen LogP contribution in [0.1, 0.15) is 50.7 Å². The predicted molar refractivity (Wildman–Crippen MR) is 77.8 cm³/mol. The number of rotatable bonds is 6. The van der Waals surface area contributed by atoms with Gasteiger partial charge in [-0.1, -0.05) is 6.92 Å². The highest BCUT2D eigenvalue weighted by molar-refractivity contribution is 7.09. The molecule has 0 radical (unpaired) electrons. The van der Waals surface area contributed by atoms with Crippen molar-refractivity contribution in [3.63, 3.8) is 0 Å². The standard InChI is InChI=1S/C14H25N3S/c1-4-7-15-9-13-16-12(11-18-13)10-17-8-5-6-14(17,2)3/h11,15H,4-10H2,1-3H3. The number of nitrogens with zero attached hydrogens (tertiary/aromatic N) is 2. The maximum Gasteiger partial charge on any atom is 0.107 e. The van der Waals surface area contributed by atoms with E-state index in [0.717, 1.165) is 19.6 Å². The second-order valence-corrected chi connectivity index (χ2v) is 6.69. The highest BCUT2D eigenvalue weighted by atomic mass is 32.1. The van der Waals surface area contributed by atoms with Crippen LogP contribution in [0.4, 0.5) is 0 Å². The average Bonchev–Trinajstić information content (AvgIpc) is 2.88. The number of hydrogen-bond acceptors (Lipinski definition) is 4. The van der Waals surface area contributed by atoms with Crippen LogP contribution in [-0.2, 0) is 13.1 Å². The molecule has 0 unspecified atom stereocenters. The van der Waals surface area contributed by atoms with Crippen molar-refractivity contribution in [3.8, 4) is 0 Å². The minimum Gasteiger partial charge on any atom is -0.310 e. The summed E-state index contributed by atoms with van der Waals surface area (Å²) in [5.74, 6) is 0. The zero-order valence-electron chi connectivity index (χ0n) is 11.8. The van der Waals surface area contributed by atoms with Crippen molar-refractivity contribution in [2.45, 2.75) is 58.7 Å². The van der Waals surface area contributed by atoms with Crippen molar-refractivity contribution in [2.24, 2.45) is 0 Å². The molecule has 1 aliphatic heterocycles. The van der Waals surface area contributed by atoms with Gasteiger partial charge in [0.1, 0.15) is 5.01 Å². The first kappa shape index (κ1) is 14.0. The summed E-state index contributed by atoms with van der Waals surface area (Å²) in [6.45, 7) is 11.1. The minimum absolute atomic E-state index is 0.351. The zero-order valence-corrected chi connectivity index (χ0v) is 12.6. The fourth-order valence-corrected chi connectivity index (χ4v) is 3.28. The van der Waals surface area contributed by atoms with Crippen LogP contribution in [0.15, 0.2) is 5.38 Å². The topological polar surface area (TPSA) is 28.2 Å². The fraction of sp³-hybridized carbons (Fsp3) is 0.786. The van der Waals surface area contributed by atoms with Crippen LogP contribution in [0.25, 0.3) is 0 Å². The lowest BCUT2D eigenvalue weighted by Gasteiger charge is -2.30. The van der Waals surface area contributed by atoms with Gasteiger partial charge in [0.25, 0.3) is 0 Å². The summed E-state index contributed by atoms with van der Waals surface area (Å²) in [5.41, 5.74) is 1.59. The maximum atomic E-state index is 4.73. The Morgan fingerprint density at radius 3 is 3.00 bits per heavy atom. The molecule has 0 aliphatic carbocycles. The molecule has 0 bridgehead atoms. The summed E-state index contributed by atoms with van der Waals surface area (Å²) < 4.78 is 0. The Morgan fingerprint density at radius 1 is 1.50 bits per heavy atom. The predicted octanol–water partition coefficient (Wildman–Crippen LogP) is 3.02. The third-order valence-electron chi connectivity index (χ3n) is 3.73. The van der Waals surface area contributed by atoms with Crippen molar-refractivity contribution in [1.82, 2.24) is 15.2 Å². The van der Waals surface area contributed by atoms with E-state index >= 15 is 0 Å². The summed E-state index contributed by atoms with van der Waals surface area (Å²) in [7, 11) is 0. The smallest absolute Gasteiger partial charge is 0.107 e. The average molecular weight is 267 g/mol. The second kappa shape index (κ2) is 6.13. The number of thiazole rings is 1. The van der Waals surface area contributed by atoms with Crippen LogP contribution < -0.4 is 5.32 Å². The minimum atomic E-state index is 0.351. The number of nitrogens with one attached hydrogen (secondary N) is 1. The Hall–Kier alpha value is -0.450. The van der Waals surface area contributed by atoms with E-state index in [2.05, 4.69) is 36.4 Å². The molecule has 1 fully saturated rings. The van der Waals surface area contributed by atoms with E-state index < -0.39 is 0 Å². The van der Waals surface area contributed by atoms with Gasteiger partial charge in [-0.15, -0.1) is 11.3 Å². The SMILES string of the molecule is CCCNCc1nc(CN2CCCC2(C)C)cs1. The molecule has 1 aliphatic rings. The van der Waals surface area contributed by atoms with E-state index in [-0.39, 0.29) is 0 Å². The molecule has 1 saturated heterocycles. The molecule has 0 spiro atoms. The van der Waals surface area contributed by atoms with Crippen molar-refractivity contribution in [2.75, 3.05) is 13.1 Å². The van der Waals surface area contributed by atoms with Crippen LogP contribution in [0.3, 0.4) is 0 Å². The Bertz CT molecular complexity index is 373. The van der Waals surface area contributed by atoms with E-state index in [1.165, 1.54) is 36.5 Å². The fourth-order valence-electron chi connectivity index (χ4n) is 2.53. The zero-order chi connectivity index (χ0) is 13.0. The van der Waals surface area contributed by atoms with Gasteiger partial charge in [0, 0.05) is 24.0 Å². The molecule has 18 heavy (non-hydrogen) atoms. The van der Waals surface area contributed by atoms with Gasteiger partial charge < -0.3 is 5.32 Å². The number of hydrogen-bond donors (Lipinski definition) is 1. The summed E-state index contributed by atoms with van der Waals surface area (Å²) >= 11 is 1.78. The normalized spacial score (nSPS) is 19.5. The van der Waals surface area contributed by atoms with Crippen molar-refractivity contribution in [3.05, 3.63) is 16.1 Å². The highest BCUT2D eigenvalue weighted by Gasteiger charge is 2.31. The monoisotopic (exact) mass is 267 g/mol. The molecule has 3 nitrogen and oxygen atoms in total. The molecule has 0 aromatic carbocycles. The summed E-state index contributed by atoms with van der Waals surface area (Å²) in [5, 5.41) is 6.85. The first-order valence-corrected chi connectivity index (χ1v) is 7.89. The van der Waals surface area contributed by atoms with E-state index in [9.17, 15) is 0 Å². The molecule has 0 saturated carbocycles. The lowest BCUT2D eigenvalue weighted by molar-refractivity contribution is 0.165. The van der Waals surface area contributed by atoms with E-state index in [4.69, 9.17) is 4.98 Å². The quantitative estimate of drug-likeness (QED) is 0.803. The molecule has 102 valence electrons. The molecular formula is C14H25N3S. The summed E-state index contributed by atoms with van der Waals surface area (Å²) in [4.78, 5) is 7.29. The Balaban J connectivity index is 1.86. The highest BCUT2D eigenvalue weighted by Crippen LogP contribution is 2.29. The van der Waals surface area contributed by atoms with Gasteiger partial charge in [-0.05, 0) is 46.2 Å². The molecular weight excluding hydrogens is 242 g/mol. The van der Waals surface area contributed by atoms with Gasteiger partial charge >= 0.3 is 0 Å². The molecule has 1 N–H and O–H groups in total. The molecule has 1 aromatic heterocycles. The van der Waals surface area contributed by atoms with Gasteiger partial charge in [0.15, 0.2) is 0 Å². The molecule has 2 heterocycles. The third-order valence-corrected chi connectivity index (χ3v) is 4.63. The Labute approximate surface area is 115 Å². The van der Waals surface area contributed by atoms with Crippen molar-refractivity contribution < 1.29 is 0 Å². The van der Waals surface area contributed by atoms with Crippen LogP contribution in [-0.4, -0.2) is 28.5 Å². The van der Waals surface area contributed by atoms with Gasteiger partial charge in [-0.25, -0.2) is 4.98 Å². The van der Waals surface area contributed by atoms with Crippen molar-refractivity contribution in [1.29, 1.82) is 0 Å². The molecule has 1 aromatic rings. The first-order valence-electron chi connectivity index (χ1n) is 7.01. The molecule has 0 amide bonds. The first-order chi connectivity index (χ1) is 8.62. The van der Waals surface area contributed by atoms with E-state index in [1.807, 2.05) is 0 Å². The van der Waals surface area contributed by atoms with E-state index in [1.54, 1.807) is 11.3 Å². The molecule has 0 atom stereocenters. The van der Waals surface area contributed by atoms with Gasteiger partial charge in [-0.2, -0.15) is 0 Å². The largest absolute Gasteiger partial charge is 0.310 e. The molecule has 2 rings (SSSR count). The van der Waals surface area contributed by atoms with Crippen LogP contribution in [0.2, 0.25) is 0 Å². The second-order valence-electron chi connectivity index (χ2n) is 5.75. The lowest BCUT2D eigenvalue weighted by atomic mass is 10.0. The summed E-state index contributed by atoms with van der Waals surface area (Å²) in [6, 6.07) is 0. The van der Waals surface area contributed by atoms with Gasteiger partial charge in [-0.3, -0.25) is 4.90 Å². The van der Waals surface area contributed by atoms with Crippen LogP contribution in [0, 0.1) is 0 Å². The number of likely N-dealkylation sites (tertiary alicyclic amines) is 1. The van der Waals surface area contributed by atoms with Gasteiger partial charge in [0.05, 0.1) is 5.69 Å². The maximum absolute atomic E-state index is 4.73. The Morgan fingerprint density at radius 2 is 2.33 bits per heavy atom. The van der Waals surface area contributed by atoms with Gasteiger partial charge in [0.2, 0.25) is 0 Å².